The summed E-state index contributed by atoms with van der Waals surface area (Å²) in [7, 11) is 0. The molecule has 0 atom stereocenters. The van der Waals surface area contributed by atoms with Crippen LogP contribution in [0.2, 0.25) is 0 Å². The van der Waals surface area contributed by atoms with Crippen LogP contribution in [0.15, 0.2) is 36.4 Å². The van der Waals surface area contributed by atoms with Crippen LogP contribution >= 0.6 is 0 Å². The summed E-state index contributed by atoms with van der Waals surface area (Å²) in [5.74, 6) is 1.29. The van der Waals surface area contributed by atoms with E-state index in [4.69, 9.17) is 10.5 Å². The van der Waals surface area contributed by atoms with E-state index in [1.807, 2.05) is 25.1 Å². The highest BCUT2D eigenvalue weighted by Gasteiger charge is 2.06. The molecule has 0 bridgehead atoms. The van der Waals surface area contributed by atoms with Gasteiger partial charge in [-0.25, -0.2) is 0 Å². The predicted molar refractivity (Wildman–Crippen MR) is 76.8 cm³/mol. The van der Waals surface area contributed by atoms with E-state index in [9.17, 15) is 4.79 Å². The molecule has 2 rings (SSSR count). The Morgan fingerprint density at radius 2 is 1.79 bits per heavy atom. The average molecular weight is 255 g/mol. The standard InChI is InChI=1S/C16H17NO2/c1-10-4-6-14(8-11(10)2)19-16-7-5-13(12(3)18)9-15(16)17/h4-9H,17H2,1-3H3. The molecular formula is C16H17NO2. The van der Waals surface area contributed by atoms with Crippen LogP contribution in [0.3, 0.4) is 0 Å². The van der Waals surface area contributed by atoms with Gasteiger partial charge in [0.2, 0.25) is 0 Å². The lowest BCUT2D eigenvalue weighted by Gasteiger charge is -2.10. The monoisotopic (exact) mass is 255 g/mol. The molecule has 0 fully saturated rings. The number of nitrogens with two attached hydrogens (primary N) is 1. The first-order valence-electron chi connectivity index (χ1n) is 6.13. The third-order valence-electron chi connectivity index (χ3n) is 3.12. The molecule has 98 valence electrons. The zero-order chi connectivity index (χ0) is 14.0. The van der Waals surface area contributed by atoms with Crippen molar-refractivity contribution in [1.82, 2.24) is 0 Å². The lowest BCUT2D eigenvalue weighted by atomic mass is 10.1. The Kier molecular flexibility index (Phi) is 3.56. The van der Waals surface area contributed by atoms with Crippen LogP contribution in [0.1, 0.15) is 28.4 Å². The second kappa shape index (κ2) is 5.14. The van der Waals surface area contributed by atoms with Crippen molar-refractivity contribution in [2.24, 2.45) is 0 Å². The quantitative estimate of drug-likeness (QED) is 0.669. The van der Waals surface area contributed by atoms with Crippen LogP contribution in [0.4, 0.5) is 5.69 Å². The van der Waals surface area contributed by atoms with Crippen LogP contribution in [0, 0.1) is 13.8 Å². The molecule has 2 aromatic rings. The number of hydrogen-bond donors (Lipinski definition) is 1. The number of carbonyl (C=O) groups is 1. The molecule has 0 aromatic heterocycles. The number of ketones is 1. The minimum atomic E-state index is -0.00979. The lowest BCUT2D eigenvalue weighted by molar-refractivity contribution is 0.101. The Morgan fingerprint density at radius 1 is 1.05 bits per heavy atom. The van der Waals surface area contributed by atoms with E-state index in [0.717, 1.165) is 11.3 Å². The van der Waals surface area contributed by atoms with Gasteiger partial charge in [0.1, 0.15) is 11.5 Å². The SMILES string of the molecule is CC(=O)c1ccc(Oc2ccc(C)c(C)c2)c(N)c1. The Bertz CT molecular complexity index is 633. The van der Waals surface area contributed by atoms with Crippen molar-refractivity contribution in [2.45, 2.75) is 20.8 Å². The van der Waals surface area contributed by atoms with Gasteiger partial charge in [0.15, 0.2) is 5.78 Å². The highest BCUT2D eigenvalue weighted by atomic mass is 16.5. The highest BCUT2D eigenvalue weighted by Crippen LogP contribution is 2.29. The third kappa shape index (κ3) is 2.94. The van der Waals surface area contributed by atoms with E-state index in [1.165, 1.54) is 12.5 Å². The number of ether oxygens (including phenoxy) is 1. The largest absolute Gasteiger partial charge is 0.455 e. The molecule has 0 heterocycles. The molecule has 0 spiro atoms. The first kappa shape index (κ1) is 13.1. The molecule has 0 aliphatic carbocycles. The normalized spacial score (nSPS) is 10.3. The van der Waals surface area contributed by atoms with Gasteiger partial charge in [-0.15, -0.1) is 0 Å². The number of anilines is 1. The predicted octanol–water partition coefficient (Wildman–Crippen LogP) is 3.88. The van der Waals surface area contributed by atoms with E-state index < -0.39 is 0 Å². The molecule has 19 heavy (non-hydrogen) atoms. The topological polar surface area (TPSA) is 52.3 Å². The summed E-state index contributed by atoms with van der Waals surface area (Å²) in [5.41, 5.74) is 9.33. The maximum absolute atomic E-state index is 11.3. The number of Topliss-reactive ketones (excluding diaryl/α,β-unsaturated/α-hetero) is 1. The van der Waals surface area contributed by atoms with Crippen LogP contribution in [-0.4, -0.2) is 5.78 Å². The Balaban J connectivity index is 2.28. The van der Waals surface area contributed by atoms with Gasteiger partial charge in [0.25, 0.3) is 0 Å². The number of nitrogen functional groups attached to an aromatic ring is 1. The Morgan fingerprint density at radius 3 is 2.37 bits per heavy atom. The molecule has 3 heteroatoms. The molecule has 0 unspecified atom stereocenters. The van der Waals surface area contributed by atoms with Crippen LogP contribution < -0.4 is 10.5 Å². The molecule has 0 aliphatic rings. The first-order chi connectivity index (χ1) is 8.97. The highest BCUT2D eigenvalue weighted by molar-refractivity contribution is 5.95. The summed E-state index contributed by atoms with van der Waals surface area (Å²) in [5, 5.41) is 0. The van der Waals surface area contributed by atoms with Gasteiger partial charge in [-0.3, -0.25) is 4.79 Å². The third-order valence-corrected chi connectivity index (χ3v) is 3.12. The summed E-state index contributed by atoms with van der Waals surface area (Å²) in [4.78, 5) is 11.3. The van der Waals surface area contributed by atoms with Gasteiger partial charge in [-0.05, 0) is 62.2 Å². The van der Waals surface area contributed by atoms with Crippen molar-refractivity contribution in [2.75, 3.05) is 5.73 Å². The summed E-state index contributed by atoms with van der Waals surface area (Å²) in [6.07, 6.45) is 0. The summed E-state index contributed by atoms with van der Waals surface area (Å²) < 4.78 is 5.74. The summed E-state index contributed by atoms with van der Waals surface area (Å²) in [6.45, 7) is 5.60. The lowest BCUT2D eigenvalue weighted by Crippen LogP contribution is -1.97. The summed E-state index contributed by atoms with van der Waals surface area (Å²) in [6, 6.07) is 11.0. The van der Waals surface area contributed by atoms with Crippen molar-refractivity contribution in [3.05, 3.63) is 53.1 Å². The van der Waals surface area contributed by atoms with Crippen molar-refractivity contribution in [3.63, 3.8) is 0 Å². The Hall–Kier alpha value is -2.29. The molecule has 2 aromatic carbocycles. The fourth-order valence-corrected chi connectivity index (χ4v) is 1.76. The number of hydrogen-bond acceptors (Lipinski definition) is 3. The molecule has 0 aliphatic heterocycles. The van der Waals surface area contributed by atoms with Gasteiger partial charge in [0, 0.05) is 5.56 Å². The van der Waals surface area contributed by atoms with Gasteiger partial charge in [-0.1, -0.05) is 6.07 Å². The number of benzene rings is 2. The van der Waals surface area contributed by atoms with E-state index in [0.29, 0.717) is 17.0 Å². The molecule has 0 saturated carbocycles. The van der Waals surface area contributed by atoms with Crippen LogP contribution in [-0.2, 0) is 0 Å². The zero-order valence-electron chi connectivity index (χ0n) is 11.4. The summed E-state index contributed by atoms with van der Waals surface area (Å²) >= 11 is 0. The second-order valence-electron chi connectivity index (χ2n) is 4.66. The molecule has 0 saturated heterocycles. The van der Waals surface area contributed by atoms with Gasteiger partial charge < -0.3 is 10.5 Å². The minimum absolute atomic E-state index is 0.00979. The fourth-order valence-electron chi connectivity index (χ4n) is 1.76. The second-order valence-corrected chi connectivity index (χ2v) is 4.66. The molecular weight excluding hydrogens is 238 g/mol. The molecule has 0 amide bonds. The molecule has 0 radical (unpaired) electrons. The van der Waals surface area contributed by atoms with Crippen molar-refractivity contribution < 1.29 is 9.53 Å². The number of carbonyl (C=O) groups excluding carboxylic acids is 1. The minimum Gasteiger partial charge on any atom is -0.455 e. The van der Waals surface area contributed by atoms with E-state index in [-0.39, 0.29) is 5.78 Å². The average Bonchev–Trinajstić information content (AvgIpc) is 2.36. The Labute approximate surface area is 113 Å². The van der Waals surface area contributed by atoms with Gasteiger partial charge in [-0.2, -0.15) is 0 Å². The maximum atomic E-state index is 11.3. The zero-order valence-corrected chi connectivity index (χ0v) is 11.4. The number of aryl methyl sites for hydroxylation is 2. The first-order valence-corrected chi connectivity index (χ1v) is 6.13. The van der Waals surface area contributed by atoms with Crippen molar-refractivity contribution >= 4 is 11.5 Å². The van der Waals surface area contributed by atoms with E-state index in [1.54, 1.807) is 18.2 Å². The smallest absolute Gasteiger partial charge is 0.159 e. The van der Waals surface area contributed by atoms with Crippen LogP contribution in [0.25, 0.3) is 0 Å². The van der Waals surface area contributed by atoms with E-state index >= 15 is 0 Å². The number of rotatable bonds is 3. The van der Waals surface area contributed by atoms with Crippen molar-refractivity contribution in [1.29, 1.82) is 0 Å². The van der Waals surface area contributed by atoms with Crippen LogP contribution in [0.5, 0.6) is 11.5 Å². The maximum Gasteiger partial charge on any atom is 0.159 e. The van der Waals surface area contributed by atoms with Gasteiger partial charge in [0.05, 0.1) is 5.69 Å². The molecule has 2 N–H and O–H groups in total. The molecule has 3 nitrogen and oxygen atoms in total. The van der Waals surface area contributed by atoms with Crippen molar-refractivity contribution in [3.8, 4) is 11.5 Å². The van der Waals surface area contributed by atoms with Gasteiger partial charge >= 0.3 is 0 Å². The fraction of sp³-hybridized carbons (Fsp3) is 0.188. The van der Waals surface area contributed by atoms with E-state index in [2.05, 4.69) is 6.92 Å².